The van der Waals surface area contributed by atoms with Gasteiger partial charge in [-0.2, -0.15) is 0 Å². The van der Waals surface area contributed by atoms with Crippen molar-refractivity contribution < 1.29 is 9.59 Å². The average Bonchev–Trinajstić information content (AvgIpc) is 2.61. The number of carbonyl (C=O) groups is 2. The lowest BCUT2D eigenvalue weighted by Crippen LogP contribution is -2.27. The Bertz CT molecular complexity index is 766. The average molecular weight is 338 g/mol. The van der Waals surface area contributed by atoms with Gasteiger partial charge in [0.1, 0.15) is 0 Å². The second-order valence-electron chi connectivity index (χ2n) is 6.60. The molecule has 0 aliphatic carbocycles. The van der Waals surface area contributed by atoms with E-state index < -0.39 is 0 Å². The quantitative estimate of drug-likeness (QED) is 0.829. The fourth-order valence-electron chi connectivity index (χ4n) is 2.59. The number of anilines is 1. The summed E-state index contributed by atoms with van der Waals surface area (Å²) in [6, 6.07) is 12.8. The Balaban J connectivity index is 2.18. The van der Waals surface area contributed by atoms with Crippen LogP contribution in [-0.2, 0) is 6.42 Å². The lowest BCUT2D eigenvalue weighted by atomic mass is 10.0. The SMILES string of the molecule is CCc1cccc(C)c1NC(=O)c1cccc(C(=O)NCC(C)C)c1. The second kappa shape index (κ2) is 8.47. The standard InChI is InChI=1S/C21H26N2O2/c1-5-16-9-6-8-15(4)19(16)23-21(25)18-11-7-10-17(12-18)20(24)22-13-14(2)3/h6-12,14H,5,13H2,1-4H3,(H,22,24)(H,23,25). The van der Waals surface area contributed by atoms with E-state index in [1.54, 1.807) is 24.3 Å². The van der Waals surface area contributed by atoms with Gasteiger partial charge in [-0.3, -0.25) is 9.59 Å². The van der Waals surface area contributed by atoms with Crippen LogP contribution < -0.4 is 10.6 Å². The third-order valence-corrected chi connectivity index (χ3v) is 4.04. The smallest absolute Gasteiger partial charge is 0.255 e. The molecule has 0 aliphatic heterocycles. The first kappa shape index (κ1) is 18.7. The van der Waals surface area contributed by atoms with Crippen LogP contribution in [0.5, 0.6) is 0 Å². The van der Waals surface area contributed by atoms with Crippen LogP contribution in [0.2, 0.25) is 0 Å². The number of benzene rings is 2. The van der Waals surface area contributed by atoms with Crippen molar-refractivity contribution in [3.05, 3.63) is 64.7 Å². The molecular formula is C21H26N2O2. The van der Waals surface area contributed by atoms with Crippen LogP contribution in [0.1, 0.15) is 52.6 Å². The zero-order chi connectivity index (χ0) is 18.4. The highest BCUT2D eigenvalue weighted by molar-refractivity contribution is 6.06. The third kappa shape index (κ3) is 4.92. The predicted molar refractivity (Wildman–Crippen MR) is 102 cm³/mol. The topological polar surface area (TPSA) is 58.2 Å². The van der Waals surface area contributed by atoms with Gasteiger partial charge in [0.05, 0.1) is 0 Å². The molecule has 0 spiro atoms. The van der Waals surface area contributed by atoms with E-state index in [0.717, 1.165) is 23.2 Å². The number of carbonyl (C=O) groups excluding carboxylic acids is 2. The van der Waals surface area contributed by atoms with Crippen LogP contribution in [-0.4, -0.2) is 18.4 Å². The van der Waals surface area contributed by atoms with Crippen molar-refractivity contribution >= 4 is 17.5 Å². The van der Waals surface area contributed by atoms with Crippen LogP contribution in [0.3, 0.4) is 0 Å². The van der Waals surface area contributed by atoms with E-state index in [2.05, 4.69) is 17.6 Å². The van der Waals surface area contributed by atoms with Gasteiger partial charge < -0.3 is 10.6 Å². The maximum atomic E-state index is 12.6. The molecule has 4 heteroatoms. The molecule has 2 rings (SSSR count). The molecule has 0 bridgehead atoms. The fourth-order valence-corrected chi connectivity index (χ4v) is 2.59. The van der Waals surface area contributed by atoms with E-state index in [1.165, 1.54) is 0 Å². The number of hydrogen-bond donors (Lipinski definition) is 2. The van der Waals surface area contributed by atoms with Crippen molar-refractivity contribution in [2.75, 3.05) is 11.9 Å². The first-order valence-corrected chi connectivity index (χ1v) is 8.70. The highest BCUT2D eigenvalue weighted by Crippen LogP contribution is 2.22. The van der Waals surface area contributed by atoms with Crippen molar-refractivity contribution in [1.29, 1.82) is 0 Å². The van der Waals surface area contributed by atoms with Crippen molar-refractivity contribution in [1.82, 2.24) is 5.32 Å². The Labute approximate surface area is 149 Å². The zero-order valence-electron chi connectivity index (χ0n) is 15.3. The van der Waals surface area contributed by atoms with E-state index in [-0.39, 0.29) is 11.8 Å². The molecule has 25 heavy (non-hydrogen) atoms. The maximum Gasteiger partial charge on any atom is 0.255 e. The molecule has 0 radical (unpaired) electrons. The Morgan fingerprint density at radius 2 is 1.64 bits per heavy atom. The first-order chi connectivity index (χ1) is 11.9. The monoisotopic (exact) mass is 338 g/mol. The number of rotatable bonds is 6. The van der Waals surface area contributed by atoms with Gasteiger partial charge in [-0.25, -0.2) is 0 Å². The molecule has 0 heterocycles. The molecule has 0 saturated carbocycles. The summed E-state index contributed by atoms with van der Waals surface area (Å²) >= 11 is 0. The van der Waals surface area contributed by atoms with E-state index in [1.807, 2.05) is 39.0 Å². The summed E-state index contributed by atoms with van der Waals surface area (Å²) in [5, 5.41) is 5.86. The Morgan fingerprint density at radius 1 is 1.00 bits per heavy atom. The Morgan fingerprint density at radius 3 is 2.28 bits per heavy atom. The molecule has 2 N–H and O–H groups in total. The molecule has 0 atom stereocenters. The highest BCUT2D eigenvalue weighted by atomic mass is 16.2. The highest BCUT2D eigenvalue weighted by Gasteiger charge is 2.13. The first-order valence-electron chi connectivity index (χ1n) is 8.70. The summed E-state index contributed by atoms with van der Waals surface area (Å²) in [6.07, 6.45) is 0.842. The van der Waals surface area contributed by atoms with Gasteiger partial charge >= 0.3 is 0 Å². The number of para-hydroxylation sites is 1. The molecule has 2 amide bonds. The van der Waals surface area contributed by atoms with E-state index in [4.69, 9.17) is 0 Å². The molecular weight excluding hydrogens is 312 g/mol. The van der Waals surface area contributed by atoms with Crippen molar-refractivity contribution in [3.8, 4) is 0 Å². The molecule has 4 nitrogen and oxygen atoms in total. The van der Waals surface area contributed by atoms with E-state index in [9.17, 15) is 9.59 Å². The Hall–Kier alpha value is -2.62. The number of aryl methyl sites for hydroxylation is 2. The van der Waals surface area contributed by atoms with Gasteiger partial charge in [0.2, 0.25) is 0 Å². The van der Waals surface area contributed by atoms with Crippen molar-refractivity contribution in [2.45, 2.75) is 34.1 Å². The minimum atomic E-state index is -0.206. The molecule has 2 aromatic rings. The van der Waals surface area contributed by atoms with Crippen LogP contribution in [0.4, 0.5) is 5.69 Å². The van der Waals surface area contributed by atoms with Gasteiger partial charge in [-0.1, -0.05) is 45.0 Å². The minimum Gasteiger partial charge on any atom is -0.352 e. The number of amides is 2. The van der Waals surface area contributed by atoms with E-state index in [0.29, 0.717) is 23.6 Å². The maximum absolute atomic E-state index is 12.6. The molecule has 132 valence electrons. The van der Waals surface area contributed by atoms with Crippen LogP contribution in [0, 0.1) is 12.8 Å². The molecule has 0 unspecified atom stereocenters. The van der Waals surface area contributed by atoms with Crippen molar-refractivity contribution in [2.24, 2.45) is 5.92 Å². The summed E-state index contributed by atoms with van der Waals surface area (Å²) in [4.78, 5) is 24.8. The summed E-state index contributed by atoms with van der Waals surface area (Å²) < 4.78 is 0. The molecule has 0 saturated heterocycles. The van der Waals surface area contributed by atoms with Gasteiger partial charge in [0, 0.05) is 23.4 Å². The summed E-state index contributed by atoms with van der Waals surface area (Å²) in [5.41, 5.74) is 3.94. The largest absolute Gasteiger partial charge is 0.352 e. The van der Waals surface area contributed by atoms with Crippen LogP contribution >= 0.6 is 0 Å². The van der Waals surface area contributed by atoms with Gasteiger partial charge in [-0.05, 0) is 48.6 Å². The summed E-state index contributed by atoms with van der Waals surface area (Å²) in [7, 11) is 0. The lowest BCUT2D eigenvalue weighted by Gasteiger charge is -2.13. The normalized spacial score (nSPS) is 10.6. The fraction of sp³-hybridized carbons (Fsp3) is 0.333. The molecule has 2 aromatic carbocycles. The minimum absolute atomic E-state index is 0.159. The van der Waals surface area contributed by atoms with Crippen molar-refractivity contribution in [3.63, 3.8) is 0 Å². The summed E-state index contributed by atoms with van der Waals surface area (Å²) in [5.74, 6) is 0.0138. The van der Waals surface area contributed by atoms with Crippen LogP contribution in [0.15, 0.2) is 42.5 Å². The molecule has 0 aliphatic rings. The third-order valence-electron chi connectivity index (χ3n) is 4.04. The van der Waals surface area contributed by atoms with Gasteiger partial charge in [0.25, 0.3) is 11.8 Å². The zero-order valence-corrected chi connectivity index (χ0v) is 15.3. The second-order valence-corrected chi connectivity index (χ2v) is 6.60. The Kier molecular flexibility index (Phi) is 6.34. The predicted octanol–water partition coefficient (Wildman–Crippen LogP) is 4.20. The van der Waals surface area contributed by atoms with E-state index >= 15 is 0 Å². The van der Waals surface area contributed by atoms with Gasteiger partial charge in [-0.15, -0.1) is 0 Å². The van der Waals surface area contributed by atoms with Gasteiger partial charge in [0.15, 0.2) is 0 Å². The molecule has 0 aromatic heterocycles. The molecule has 0 fully saturated rings. The lowest BCUT2D eigenvalue weighted by molar-refractivity contribution is 0.0949. The summed E-state index contributed by atoms with van der Waals surface area (Å²) in [6.45, 7) is 8.72. The number of hydrogen-bond acceptors (Lipinski definition) is 2. The van der Waals surface area contributed by atoms with Crippen LogP contribution in [0.25, 0.3) is 0 Å². The number of nitrogens with one attached hydrogen (secondary N) is 2.